The van der Waals surface area contributed by atoms with Gasteiger partial charge in [-0.15, -0.1) is 11.3 Å². The van der Waals surface area contributed by atoms with Crippen LogP contribution < -0.4 is 4.80 Å². The van der Waals surface area contributed by atoms with E-state index in [4.69, 9.17) is 5.41 Å². The highest BCUT2D eigenvalue weighted by atomic mass is 32.1. The lowest BCUT2D eigenvalue weighted by Gasteiger charge is -2.03. The minimum Gasteiger partial charge on any atom is -0.321 e. The molecule has 1 aromatic heterocycles. The van der Waals surface area contributed by atoms with Crippen LogP contribution in [0.25, 0.3) is 0 Å². The first-order valence-corrected chi connectivity index (χ1v) is 5.46. The van der Waals surface area contributed by atoms with E-state index < -0.39 is 0 Å². The van der Waals surface area contributed by atoms with Crippen LogP contribution in [0.3, 0.4) is 0 Å². The Bertz CT molecular complexity index is 353. The lowest BCUT2D eigenvalue weighted by atomic mass is 10.3. The van der Waals surface area contributed by atoms with Crippen LogP contribution in [0.4, 0.5) is 4.39 Å². The predicted octanol–water partition coefficient (Wildman–Crippen LogP) is 1.88. The number of hydrogen-bond acceptors (Lipinski definition) is 2. The largest absolute Gasteiger partial charge is 0.321 e. The number of fused-ring (bicyclic) bond motifs is 1. The van der Waals surface area contributed by atoms with Gasteiger partial charge in [-0.2, -0.15) is 0 Å². The molecule has 0 spiro atoms. The van der Waals surface area contributed by atoms with Crippen LogP contribution in [0.2, 0.25) is 0 Å². The third-order valence-electron chi connectivity index (χ3n) is 2.45. The van der Waals surface area contributed by atoms with Gasteiger partial charge in [0.1, 0.15) is 0 Å². The number of nitrogens with one attached hydrogen (secondary N) is 1. The first-order valence-electron chi connectivity index (χ1n) is 4.65. The predicted molar refractivity (Wildman–Crippen MR) is 50.8 cm³/mol. The van der Waals surface area contributed by atoms with Gasteiger partial charge in [-0.3, -0.25) is 9.80 Å². The van der Waals surface area contributed by atoms with Crippen molar-refractivity contribution >= 4 is 11.3 Å². The molecular weight excluding hydrogens is 187 g/mol. The molecule has 0 atom stereocenters. The van der Waals surface area contributed by atoms with E-state index in [2.05, 4.69) is 0 Å². The SMILES string of the molecule is N=c1sc2c(n1CCCF)CCC2. The van der Waals surface area contributed by atoms with Gasteiger partial charge in [0.25, 0.3) is 0 Å². The average Bonchev–Trinajstić information content (AvgIpc) is 2.62. The van der Waals surface area contributed by atoms with Crippen LogP contribution in [-0.2, 0) is 19.4 Å². The number of aryl methyl sites for hydroxylation is 1. The highest BCUT2D eigenvalue weighted by molar-refractivity contribution is 7.09. The van der Waals surface area contributed by atoms with E-state index >= 15 is 0 Å². The van der Waals surface area contributed by atoms with Crippen molar-refractivity contribution in [3.8, 4) is 0 Å². The fourth-order valence-corrected chi connectivity index (χ4v) is 2.97. The fourth-order valence-electron chi connectivity index (χ4n) is 1.84. The second-order valence-electron chi connectivity index (χ2n) is 3.32. The standard InChI is InChI=1S/C9H13FN2S/c10-5-2-6-12-7-3-1-4-8(7)13-9(12)11/h11H,1-6H2. The quantitative estimate of drug-likeness (QED) is 0.772. The van der Waals surface area contributed by atoms with Gasteiger partial charge in [0, 0.05) is 17.1 Å². The average molecular weight is 200 g/mol. The molecule has 4 heteroatoms. The maximum Gasteiger partial charge on any atom is 0.182 e. The molecule has 13 heavy (non-hydrogen) atoms. The summed E-state index contributed by atoms with van der Waals surface area (Å²) in [4.78, 5) is 1.95. The summed E-state index contributed by atoms with van der Waals surface area (Å²) in [7, 11) is 0. The minimum atomic E-state index is -0.281. The molecule has 0 unspecified atom stereocenters. The van der Waals surface area contributed by atoms with Crippen molar-refractivity contribution in [2.24, 2.45) is 0 Å². The van der Waals surface area contributed by atoms with Gasteiger partial charge < -0.3 is 4.57 Å². The number of nitrogens with zero attached hydrogens (tertiary/aromatic N) is 1. The molecule has 0 saturated carbocycles. The van der Waals surface area contributed by atoms with Crippen molar-refractivity contribution < 1.29 is 4.39 Å². The Morgan fingerprint density at radius 3 is 3.08 bits per heavy atom. The lowest BCUT2D eigenvalue weighted by Crippen LogP contribution is -2.16. The lowest BCUT2D eigenvalue weighted by molar-refractivity contribution is 0.440. The second-order valence-corrected chi connectivity index (χ2v) is 4.41. The summed E-state index contributed by atoms with van der Waals surface area (Å²) in [5.41, 5.74) is 1.29. The molecule has 1 aliphatic carbocycles. The topological polar surface area (TPSA) is 28.8 Å². The molecule has 0 saturated heterocycles. The van der Waals surface area contributed by atoms with Crippen LogP contribution in [0.15, 0.2) is 0 Å². The molecule has 72 valence electrons. The molecule has 0 aromatic carbocycles. The molecule has 0 radical (unpaired) electrons. The summed E-state index contributed by atoms with van der Waals surface area (Å²) in [5.74, 6) is 0. The first-order chi connectivity index (χ1) is 6.33. The van der Waals surface area contributed by atoms with Crippen molar-refractivity contribution in [1.82, 2.24) is 4.57 Å². The van der Waals surface area contributed by atoms with Crippen LogP contribution in [0.1, 0.15) is 23.4 Å². The van der Waals surface area contributed by atoms with Crippen molar-refractivity contribution in [2.45, 2.75) is 32.2 Å². The van der Waals surface area contributed by atoms with E-state index in [1.807, 2.05) is 4.57 Å². The van der Waals surface area contributed by atoms with E-state index in [0.29, 0.717) is 17.8 Å². The summed E-state index contributed by atoms with van der Waals surface area (Å²) in [6, 6.07) is 0. The highest BCUT2D eigenvalue weighted by Gasteiger charge is 2.17. The van der Waals surface area contributed by atoms with E-state index in [9.17, 15) is 4.39 Å². The Kier molecular flexibility index (Phi) is 2.49. The van der Waals surface area contributed by atoms with Gasteiger partial charge in [-0.05, 0) is 25.7 Å². The Morgan fingerprint density at radius 2 is 2.31 bits per heavy atom. The molecular formula is C9H13FN2S. The zero-order valence-electron chi connectivity index (χ0n) is 7.48. The number of alkyl halides is 1. The Balaban J connectivity index is 2.28. The van der Waals surface area contributed by atoms with Gasteiger partial charge in [0.15, 0.2) is 4.80 Å². The van der Waals surface area contributed by atoms with E-state index in [1.165, 1.54) is 17.0 Å². The molecule has 0 bridgehead atoms. The van der Waals surface area contributed by atoms with Gasteiger partial charge in [0.2, 0.25) is 0 Å². The molecule has 2 nitrogen and oxygen atoms in total. The van der Waals surface area contributed by atoms with E-state index in [0.717, 1.165) is 12.8 Å². The van der Waals surface area contributed by atoms with Crippen molar-refractivity contribution in [3.63, 3.8) is 0 Å². The summed E-state index contributed by atoms with van der Waals surface area (Å²) >= 11 is 1.56. The summed E-state index contributed by atoms with van der Waals surface area (Å²) in [6.07, 6.45) is 3.95. The Morgan fingerprint density at radius 1 is 1.46 bits per heavy atom. The molecule has 1 heterocycles. The van der Waals surface area contributed by atoms with E-state index in [1.54, 1.807) is 11.3 Å². The fraction of sp³-hybridized carbons (Fsp3) is 0.667. The number of thiazole rings is 1. The summed E-state index contributed by atoms with van der Waals surface area (Å²) in [6.45, 7) is 0.401. The Hall–Kier alpha value is -0.640. The zero-order chi connectivity index (χ0) is 9.26. The van der Waals surface area contributed by atoms with Gasteiger partial charge >= 0.3 is 0 Å². The van der Waals surface area contributed by atoms with Gasteiger partial charge in [-0.1, -0.05) is 0 Å². The maximum atomic E-state index is 12.0. The molecule has 0 fully saturated rings. The summed E-state index contributed by atoms with van der Waals surface area (Å²) < 4.78 is 14.0. The molecule has 1 aromatic rings. The maximum absolute atomic E-state index is 12.0. The van der Waals surface area contributed by atoms with Crippen molar-refractivity contribution in [2.75, 3.05) is 6.67 Å². The summed E-state index contributed by atoms with van der Waals surface area (Å²) in [5, 5.41) is 7.71. The van der Waals surface area contributed by atoms with Crippen molar-refractivity contribution in [1.29, 1.82) is 5.41 Å². The van der Waals surface area contributed by atoms with Gasteiger partial charge in [0.05, 0.1) is 6.67 Å². The van der Waals surface area contributed by atoms with Crippen molar-refractivity contribution in [3.05, 3.63) is 15.4 Å². The normalized spacial score (nSPS) is 14.8. The molecule has 1 aliphatic rings. The van der Waals surface area contributed by atoms with Gasteiger partial charge in [-0.25, -0.2) is 0 Å². The van der Waals surface area contributed by atoms with Crippen LogP contribution in [-0.4, -0.2) is 11.2 Å². The van der Waals surface area contributed by atoms with Crippen LogP contribution in [0.5, 0.6) is 0 Å². The monoisotopic (exact) mass is 200 g/mol. The minimum absolute atomic E-state index is 0.281. The number of aromatic nitrogens is 1. The number of halogens is 1. The first kappa shape index (κ1) is 8.94. The third-order valence-corrected chi connectivity index (χ3v) is 3.55. The smallest absolute Gasteiger partial charge is 0.182 e. The number of rotatable bonds is 3. The highest BCUT2D eigenvalue weighted by Crippen LogP contribution is 2.24. The molecule has 1 N–H and O–H groups in total. The number of hydrogen-bond donors (Lipinski definition) is 1. The van der Waals surface area contributed by atoms with E-state index in [-0.39, 0.29) is 6.67 Å². The Labute approximate surface area is 80.5 Å². The zero-order valence-corrected chi connectivity index (χ0v) is 8.29. The molecule has 2 rings (SSSR count). The second kappa shape index (κ2) is 3.62. The molecule has 0 amide bonds. The molecule has 0 aliphatic heterocycles. The third kappa shape index (κ3) is 1.55. The van der Waals surface area contributed by atoms with Crippen LogP contribution >= 0.6 is 11.3 Å². The van der Waals surface area contributed by atoms with Crippen LogP contribution in [0, 0.1) is 5.41 Å².